The van der Waals surface area contributed by atoms with Crippen LogP contribution < -0.4 is 31.1 Å². The number of phenols is 2. The Hall–Kier alpha value is -6.87. The summed E-state index contributed by atoms with van der Waals surface area (Å²) in [6.07, 6.45) is 3.61. The molecule has 2 atom stereocenters. The van der Waals surface area contributed by atoms with Crippen molar-refractivity contribution in [3.05, 3.63) is 241 Å². The van der Waals surface area contributed by atoms with E-state index in [0.29, 0.717) is 11.1 Å². The molecule has 8 aromatic carbocycles. The molecule has 0 fully saturated rings. The van der Waals surface area contributed by atoms with Crippen molar-refractivity contribution in [2.45, 2.75) is 25.2 Å². The van der Waals surface area contributed by atoms with Gasteiger partial charge in [0.15, 0.2) is 0 Å². The average molecular weight is 813 g/mol. The standard InChI is InChI=1S/C54H48N2O2Si2/c1-59(45-29-13-5-14-30-45,46-31-15-6-16-32-46)49-37-21-27-43(53(49)57)39-55-51(41-23-9-3-10-24-41)52(42-25-11-4-12-26-42)56-40-44-28-22-38-50(54(44)58)60(2,47-33-17-7-18-34-47)48-35-19-8-20-36-48/h3-40,51-52,57-58H,1-2H3/t51-,52?/m1/s1. The average Bonchev–Trinajstić information content (AvgIpc) is 3.32. The molecule has 0 aromatic heterocycles. The van der Waals surface area contributed by atoms with Crippen molar-refractivity contribution < 1.29 is 10.2 Å². The van der Waals surface area contributed by atoms with Crippen molar-refractivity contribution in [1.29, 1.82) is 0 Å². The third-order valence-corrected chi connectivity index (χ3v) is 20.9. The van der Waals surface area contributed by atoms with E-state index in [0.717, 1.165) is 21.5 Å². The Kier molecular flexibility index (Phi) is 12.0. The van der Waals surface area contributed by atoms with Crippen molar-refractivity contribution in [3.63, 3.8) is 0 Å². The maximum atomic E-state index is 12.2. The minimum atomic E-state index is -2.62. The highest BCUT2D eigenvalue weighted by Gasteiger charge is 2.38. The number of phenolic OH excluding ortho intramolecular Hbond substituents is 2. The molecule has 294 valence electrons. The van der Waals surface area contributed by atoms with Crippen LogP contribution in [-0.4, -0.2) is 38.8 Å². The topological polar surface area (TPSA) is 65.2 Å². The Morgan fingerprint density at radius 2 is 0.617 bits per heavy atom. The number of nitrogens with zero attached hydrogens (tertiary/aromatic N) is 2. The van der Waals surface area contributed by atoms with Gasteiger partial charge in [0.05, 0.1) is 0 Å². The minimum Gasteiger partial charge on any atom is -0.507 e. The van der Waals surface area contributed by atoms with Gasteiger partial charge in [-0.2, -0.15) is 0 Å². The highest BCUT2D eigenvalue weighted by molar-refractivity contribution is 7.11. The first-order valence-electron chi connectivity index (χ1n) is 20.4. The highest BCUT2D eigenvalue weighted by atomic mass is 28.3. The summed E-state index contributed by atoms with van der Waals surface area (Å²) in [6.45, 7) is 4.60. The summed E-state index contributed by atoms with van der Waals surface area (Å²) in [4.78, 5) is 10.6. The largest absolute Gasteiger partial charge is 0.507 e. The fourth-order valence-corrected chi connectivity index (χ4v) is 15.9. The van der Waals surface area contributed by atoms with Crippen LogP contribution >= 0.6 is 0 Å². The summed E-state index contributed by atoms with van der Waals surface area (Å²) in [7, 11) is -5.24. The Morgan fingerprint density at radius 1 is 0.350 bits per heavy atom. The van der Waals surface area contributed by atoms with Crippen molar-refractivity contribution >= 4 is 59.7 Å². The number of para-hydroxylation sites is 2. The summed E-state index contributed by atoms with van der Waals surface area (Å²) in [5.41, 5.74) is 3.25. The maximum Gasteiger partial charge on any atom is 0.150 e. The molecule has 0 saturated heterocycles. The number of hydrogen-bond donors (Lipinski definition) is 2. The summed E-state index contributed by atoms with van der Waals surface area (Å²) >= 11 is 0. The maximum absolute atomic E-state index is 12.2. The van der Waals surface area contributed by atoms with Gasteiger partial charge in [-0.05, 0) is 54.4 Å². The first-order chi connectivity index (χ1) is 29.4. The summed E-state index contributed by atoms with van der Waals surface area (Å²) in [5, 5.41) is 31.1. The molecule has 4 nitrogen and oxygen atoms in total. The van der Waals surface area contributed by atoms with E-state index >= 15 is 0 Å². The molecule has 0 heterocycles. The molecule has 60 heavy (non-hydrogen) atoms. The van der Waals surface area contributed by atoms with Crippen LogP contribution in [0.3, 0.4) is 0 Å². The molecule has 8 rings (SSSR count). The van der Waals surface area contributed by atoms with Crippen LogP contribution in [0.1, 0.15) is 34.3 Å². The number of aliphatic imine (C=N–C) groups is 2. The van der Waals surface area contributed by atoms with E-state index in [1.807, 2.05) is 97.4 Å². The van der Waals surface area contributed by atoms with E-state index in [1.54, 1.807) is 0 Å². The van der Waals surface area contributed by atoms with E-state index < -0.39 is 28.2 Å². The third kappa shape index (κ3) is 7.95. The van der Waals surface area contributed by atoms with E-state index in [1.165, 1.54) is 20.7 Å². The Labute approximate surface area is 355 Å². The normalized spacial score (nSPS) is 13.0. The van der Waals surface area contributed by atoms with Gasteiger partial charge in [-0.1, -0.05) is 219 Å². The van der Waals surface area contributed by atoms with Crippen LogP contribution in [-0.2, 0) is 0 Å². The Morgan fingerprint density at radius 3 is 0.900 bits per heavy atom. The van der Waals surface area contributed by atoms with Crippen molar-refractivity contribution in [1.82, 2.24) is 0 Å². The molecule has 8 aromatic rings. The fourth-order valence-electron chi connectivity index (χ4n) is 8.50. The van der Waals surface area contributed by atoms with Crippen LogP contribution in [0.5, 0.6) is 11.5 Å². The van der Waals surface area contributed by atoms with Gasteiger partial charge < -0.3 is 10.2 Å². The lowest BCUT2D eigenvalue weighted by Crippen LogP contribution is -2.64. The molecular weight excluding hydrogens is 765 g/mol. The molecule has 0 spiro atoms. The first kappa shape index (κ1) is 39.9. The predicted octanol–water partition coefficient (Wildman–Crippen LogP) is 8.32. The molecule has 1 unspecified atom stereocenters. The van der Waals surface area contributed by atoms with Gasteiger partial charge in [0.1, 0.15) is 39.7 Å². The second-order valence-corrected chi connectivity index (χ2v) is 23.4. The quantitative estimate of drug-likeness (QED) is 0.0700. The van der Waals surface area contributed by atoms with Crippen molar-refractivity contribution in [3.8, 4) is 11.5 Å². The van der Waals surface area contributed by atoms with Gasteiger partial charge >= 0.3 is 0 Å². The Balaban J connectivity index is 1.22. The third-order valence-electron chi connectivity index (χ3n) is 11.9. The molecule has 0 saturated carbocycles. The summed E-state index contributed by atoms with van der Waals surface area (Å²) < 4.78 is 0. The van der Waals surface area contributed by atoms with Crippen LogP contribution in [0.4, 0.5) is 0 Å². The molecule has 0 aliphatic heterocycles. The highest BCUT2D eigenvalue weighted by Crippen LogP contribution is 2.36. The zero-order chi connectivity index (χ0) is 41.4. The molecule has 0 radical (unpaired) electrons. The van der Waals surface area contributed by atoms with Gasteiger partial charge in [-0.3, -0.25) is 9.98 Å². The zero-order valence-corrected chi connectivity index (χ0v) is 35.9. The van der Waals surface area contributed by atoms with Crippen molar-refractivity contribution in [2.24, 2.45) is 9.98 Å². The molecule has 0 amide bonds. The van der Waals surface area contributed by atoms with Crippen molar-refractivity contribution in [2.75, 3.05) is 0 Å². The van der Waals surface area contributed by atoms with E-state index in [4.69, 9.17) is 9.98 Å². The van der Waals surface area contributed by atoms with Crippen LogP contribution in [0.25, 0.3) is 0 Å². The summed E-state index contributed by atoms with van der Waals surface area (Å²) in [6, 6.07) is 73.6. The van der Waals surface area contributed by atoms with E-state index in [2.05, 4.69) is 147 Å². The predicted molar refractivity (Wildman–Crippen MR) is 257 cm³/mol. The molecule has 0 bridgehead atoms. The molecule has 0 aliphatic carbocycles. The monoisotopic (exact) mass is 812 g/mol. The number of hydrogen-bond acceptors (Lipinski definition) is 4. The van der Waals surface area contributed by atoms with E-state index in [-0.39, 0.29) is 11.5 Å². The molecular formula is C54H48N2O2Si2. The van der Waals surface area contributed by atoms with Gasteiger partial charge in [-0.25, -0.2) is 0 Å². The second-order valence-electron chi connectivity index (χ2n) is 15.5. The van der Waals surface area contributed by atoms with Crippen LogP contribution in [0, 0.1) is 0 Å². The van der Waals surface area contributed by atoms with Gasteiger partial charge in [0.2, 0.25) is 0 Å². The minimum absolute atomic E-state index is 0.237. The SMILES string of the molecule is C[Si](c1ccccc1)(c1ccccc1)c1cccc(C=NC(c2ccccc2)[C@H](N=Cc2cccc([Si](C)(c3ccccc3)c3ccccc3)c2O)c2ccccc2)c1O. The molecule has 6 heteroatoms. The fraction of sp³-hybridized carbons (Fsp3) is 0.0741. The lowest BCUT2D eigenvalue weighted by Gasteiger charge is -2.30. The smallest absolute Gasteiger partial charge is 0.150 e. The van der Waals surface area contributed by atoms with Crippen LogP contribution in [0.2, 0.25) is 13.1 Å². The lowest BCUT2D eigenvalue weighted by atomic mass is 9.94. The summed E-state index contributed by atoms with van der Waals surface area (Å²) in [5.74, 6) is 0.473. The van der Waals surface area contributed by atoms with Gasteiger partial charge in [0.25, 0.3) is 0 Å². The molecule has 2 N–H and O–H groups in total. The Bertz CT molecular complexity index is 2430. The van der Waals surface area contributed by atoms with Crippen LogP contribution in [0.15, 0.2) is 228 Å². The second kappa shape index (κ2) is 18.0. The molecule has 0 aliphatic rings. The van der Waals surface area contributed by atoms with Gasteiger partial charge in [0, 0.05) is 23.6 Å². The lowest BCUT2D eigenvalue weighted by molar-refractivity contribution is 0.477. The van der Waals surface area contributed by atoms with E-state index in [9.17, 15) is 10.2 Å². The number of rotatable bonds is 13. The zero-order valence-electron chi connectivity index (χ0n) is 33.9. The number of aromatic hydroxyl groups is 2. The van der Waals surface area contributed by atoms with Gasteiger partial charge in [-0.15, -0.1) is 0 Å². The number of benzene rings is 8. The first-order valence-corrected chi connectivity index (χ1v) is 25.4.